The Morgan fingerprint density at radius 3 is 1.76 bits per heavy atom. The average Bonchev–Trinajstić information content (AvgIpc) is 2.56. The van der Waals surface area contributed by atoms with Gasteiger partial charge in [-0.05, 0) is 37.5 Å². The first-order valence-electron chi connectivity index (χ1n) is 10.8. The van der Waals surface area contributed by atoms with Crippen molar-refractivity contribution in [3.05, 3.63) is 12.2 Å². The van der Waals surface area contributed by atoms with Crippen LogP contribution < -0.4 is 0 Å². The van der Waals surface area contributed by atoms with Crippen LogP contribution in [0, 0.1) is 5.41 Å². The van der Waals surface area contributed by atoms with Crippen molar-refractivity contribution in [1.82, 2.24) is 0 Å². The number of carbonyl (C=O) groups is 1. The summed E-state index contributed by atoms with van der Waals surface area (Å²) in [7, 11) is 0. The molecule has 0 aliphatic carbocycles. The van der Waals surface area contributed by atoms with Crippen LogP contribution in [0.25, 0.3) is 0 Å². The summed E-state index contributed by atoms with van der Waals surface area (Å²) in [6.45, 7) is 9.05. The van der Waals surface area contributed by atoms with E-state index in [1.807, 2.05) is 0 Å². The maximum atomic E-state index is 11.6. The van der Waals surface area contributed by atoms with Gasteiger partial charge in [0.15, 0.2) is 0 Å². The summed E-state index contributed by atoms with van der Waals surface area (Å²) in [4.78, 5) is 11.6. The van der Waals surface area contributed by atoms with Crippen molar-refractivity contribution in [2.45, 2.75) is 118 Å². The van der Waals surface area contributed by atoms with Gasteiger partial charge in [-0.15, -0.1) is 0 Å². The minimum absolute atomic E-state index is 0.0347. The van der Waals surface area contributed by atoms with Gasteiger partial charge in [-0.25, -0.2) is 0 Å². The van der Waals surface area contributed by atoms with Crippen LogP contribution in [0.5, 0.6) is 0 Å². The van der Waals surface area contributed by atoms with Crippen molar-refractivity contribution in [2.24, 2.45) is 5.41 Å². The van der Waals surface area contributed by atoms with Gasteiger partial charge in [-0.2, -0.15) is 0 Å². The molecular weight excluding hydrogens is 308 g/mol. The summed E-state index contributed by atoms with van der Waals surface area (Å²) in [5.74, 6) is -0.0347. The highest BCUT2D eigenvalue weighted by atomic mass is 16.5. The van der Waals surface area contributed by atoms with Crippen LogP contribution in [0.15, 0.2) is 12.2 Å². The Labute approximate surface area is 157 Å². The number of carbonyl (C=O) groups excluding carboxylic acids is 1. The van der Waals surface area contributed by atoms with Gasteiger partial charge in [-0.1, -0.05) is 91.2 Å². The fourth-order valence-corrected chi connectivity index (χ4v) is 2.71. The molecule has 0 aromatic carbocycles. The summed E-state index contributed by atoms with van der Waals surface area (Å²) in [5.41, 5.74) is 0.0677. The molecule has 2 heteroatoms. The molecule has 0 aliphatic rings. The molecule has 0 radical (unpaired) electrons. The van der Waals surface area contributed by atoms with Gasteiger partial charge in [-0.3, -0.25) is 4.79 Å². The normalized spacial score (nSPS) is 12.0. The number of hydrogen-bond acceptors (Lipinski definition) is 2. The van der Waals surface area contributed by atoms with E-state index in [9.17, 15) is 4.79 Å². The van der Waals surface area contributed by atoms with E-state index in [-0.39, 0.29) is 11.4 Å². The molecule has 0 aromatic rings. The number of unbranched alkanes of at least 4 members (excludes halogenated alkanes) is 11. The lowest BCUT2D eigenvalue weighted by atomic mass is 9.99. The SMILES string of the molecule is CCCCCCCCC=CCCCCCCCC(=O)OCC(C)(C)C. The molecule has 0 heterocycles. The summed E-state index contributed by atoms with van der Waals surface area (Å²) < 4.78 is 5.28. The average molecular weight is 353 g/mol. The van der Waals surface area contributed by atoms with E-state index in [2.05, 4.69) is 39.8 Å². The molecule has 0 saturated carbocycles. The molecule has 0 bridgehead atoms. The molecule has 148 valence electrons. The molecule has 0 saturated heterocycles. The highest BCUT2D eigenvalue weighted by molar-refractivity contribution is 5.69. The quantitative estimate of drug-likeness (QED) is 0.162. The zero-order valence-corrected chi connectivity index (χ0v) is 17.6. The van der Waals surface area contributed by atoms with E-state index in [1.165, 1.54) is 70.6 Å². The number of esters is 1. The standard InChI is InChI=1S/C23H44O2/c1-5-6-7-8-9-10-11-12-13-14-15-16-17-18-19-20-22(24)25-21-23(2,3)4/h12-13H,5-11,14-21H2,1-4H3. The molecule has 0 aromatic heterocycles. The summed E-state index contributed by atoms with van der Waals surface area (Å²) in [6.07, 6.45) is 22.0. The second-order valence-corrected chi connectivity index (χ2v) is 8.56. The lowest BCUT2D eigenvalue weighted by Crippen LogP contribution is -2.18. The van der Waals surface area contributed by atoms with E-state index < -0.39 is 0 Å². The van der Waals surface area contributed by atoms with E-state index in [0.29, 0.717) is 13.0 Å². The van der Waals surface area contributed by atoms with Gasteiger partial charge < -0.3 is 4.74 Å². The monoisotopic (exact) mass is 352 g/mol. The third kappa shape index (κ3) is 21.2. The fourth-order valence-electron chi connectivity index (χ4n) is 2.71. The minimum Gasteiger partial charge on any atom is -0.465 e. The van der Waals surface area contributed by atoms with Crippen LogP contribution >= 0.6 is 0 Å². The number of hydrogen-bond donors (Lipinski definition) is 0. The third-order valence-electron chi connectivity index (χ3n) is 4.31. The topological polar surface area (TPSA) is 26.3 Å². The van der Waals surface area contributed by atoms with Crippen molar-refractivity contribution in [3.63, 3.8) is 0 Å². The van der Waals surface area contributed by atoms with Crippen LogP contribution in [0.2, 0.25) is 0 Å². The van der Waals surface area contributed by atoms with Gasteiger partial charge >= 0.3 is 5.97 Å². The summed E-state index contributed by atoms with van der Waals surface area (Å²) >= 11 is 0. The van der Waals surface area contributed by atoms with E-state index in [0.717, 1.165) is 12.8 Å². The van der Waals surface area contributed by atoms with Crippen LogP contribution in [-0.4, -0.2) is 12.6 Å². The number of ether oxygens (including phenoxy) is 1. The Balaban J connectivity index is 3.25. The molecule has 0 aliphatic heterocycles. The lowest BCUT2D eigenvalue weighted by molar-refractivity contribution is -0.146. The summed E-state index contributed by atoms with van der Waals surface area (Å²) in [5, 5.41) is 0. The van der Waals surface area contributed by atoms with Gasteiger partial charge in [0.05, 0.1) is 6.61 Å². The van der Waals surface area contributed by atoms with Crippen molar-refractivity contribution >= 4 is 5.97 Å². The second kappa shape index (κ2) is 16.7. The molecule has 0 amide bonds. The van der Waals surface area contributed by atoms with Crippen molar-refractivity contribution < 1.29 is 9.53 Å². The van der Waals surface area contributed by atoms with Crippen LogP contribution in [0.3, 0.4) is 0 Å². The Morgan fingerprint density at radius 2 is 1.24 bits per heavy atom. The Bertz CT molecular complexity index is 325. The molecule has 2 nitrogen and oxygen atoms in total. The van der Waals surface area contributed by atoms with Gasteiger partial charge in [0.1, 0.15) is 0 Å². The molecule has 0 atom stereocenters. The lowest BCUT2D eigenvalue weighted by Gasteiger charge is -2.17. The molecule has 25 heavy (non-hydrogen) atoms. The zero-order chi connectivity index (χ0) is 18.8. The fraction of sp³-hybridized carbons (Fsp3) is 0.870. The highest BCUT2D eigenvalue weighted by Crippen LogP contribution is 2.14. The Morgan fingerprint density at radius 1 is 0.760 bits per heavy atom. The Kier molecular flexibility index (Phi) is 16.1. The molecule has 0 spiro atoms. The molecule has 0 fully saturated rings. The van der Waals surface area contributed by atoms with Crippen molar-refractivity contribution in [2.75, 3.05) is 6.61 Å². The molecule has 0 unspecified atom stereocenters. The van der Waals surface area contributed by atoms with E-state index in [1.54, 1.807) is 0 Å². The second-order valence-electron chi connectivity index (χ2n) is 8.56. The van der Waals surface area contributed by atoms with Crippen LogP contribution in [-0.2, 0) is 9.53 Å². The maximum absolute atomic E-state index is 11.6. The van der Waals surface area contributed by atoms with Crippen LogP contribution in [0.4, 0.5) is 0 Å². The first-order chi connectivity index (χ1) is 12.0. The first-order valence-corrected chi connectivity index (χ1v) is 10.8. The predicted molar refractivity (Wildman–Crippen MR) is 110 cm³/mol. The maximum Gasteiger partial charge on any atom is 0.305 e. The highest BCUT2D eigenvalue weighted by Gasteiger charge is 2.13. The van der Waals surface area contributed by atoms with Crippen molar-refractivity contribution in [1.29, 1.82) is 0 Å². The van der Waals surface area contributed by atoms with Crippen LogP contribution in [0.1, 0.15) is 118 Å². The Hall–Kier alpha value is -0.790. The summed E-state index contributed by atoms with van der Waals surface area (Å²) in [6, 6.07) is 0. The predicted octanol–water partition coefficient (Wildman–Crippen LogP) is 7.61. The molecular formula is C23H44O2. The van der Waals surface area contributed by atoms with E-state index >= 15 is 0 Å². The van der Waals surface area contributed by atoms with E-state index in [4.69, 9.17) is 4.74 Å². The minimum atomic E-state index is -0.0347. The smallest absolute Gasteiger partial charge is 0.305 e. The third-order valence-corrected chi connectivity index (χ3v) is 4.31. The zero-order valence-electron chi connectivity index (χ0n) is 17.6. The molecule has 0 rings (SSSR count). The number of allylic oxidation sites excluding steroid dienone is 2. The van der Waals surface area contributed by atoms with Crippen molar-refractivity contribution in [3.8, 4) is 0 Å². The molecule has 0 N–H and O–H groups in total. The largest absolute Gasteiger partial charge is 0.465 e. The van der Waals surface area contributed by atoms with Gasteiger partial charge in [0.2, 0.25) is 0 Å². The van der Waals surface area contributed by atoms with Gasteiger partial charge in [0, 0.05) is 6.42 Å². The van der Waals surface area contributed by atoms with Gasteiger partial charge in [0.25, 0.3) is 0 Å². The first kappa shape index (κ1) is 24.2. The number of rotatable bonds is 16.